The molecular formula is C17H16ClN. The molecule has 1 atom stereocenters. The summed E-state index contributed by atoms with van der Waals surface area (Å²) in [6.45, 7) is 2.66. The van der Waals surface area contributed by atoms with E-state index in [0.29, 0.717) is 6.54 Å². The van der Waals surface area contributed by atoms with Gasteiger partial charge in [-0.25, -0.2) is 0 Å². The quantitative estimate of drug-likeness (QED) is 0.798. The van der Waals surface area contributed by atoms with Gasteiger partial charge in [0.25, 0.3) is 0 Å². The summed E-state index contributed by atoms with van der Waals surface area (Å²) >= 11 is 6.42. The minimum absolute atomic E-state index is 0.0123. The molecule has 0 fully saturated rings. The molecule has 1 nitrogen and oxygen atoms in total. The molecule has 0 spiro atoms. The molecule has 0 aromatic heterocycles. The second kappa shape index (κ2) is 4.84. The number of hydrogen-bond donors (Lipinski definition) is 1. The molecule has 0 radical (unpaired) electrons. The van der Waals surface area contributed by atoms with Gasteiger partial charge in [0, 0.05) is 6.54 Å². The molecule has 96 valence electrons. The number of alkyl halides is 1. The molecule has 0 saturated heterocycles. The van der Waals surface area contributed by atoms with Crippen molar-refractivity contribution >= 4 is 17.7 Å². The van der Waals surface area contributed by atoms with E-state index in [1.807, 2.05) is 0 Å². The van der Waals surface area contributed by atoms with Gasteiger partial charge in [0.05, 0.1) is 5.38 Å². The molecule has 0 bridgehead atoms. The van der Waals surface area contributed by atoms with E-state index in [4.69, 9.17) is 17.3 Å². The van der Waals surface area contributed by atoms with E-state index < -0.39 is 0 Å². The molecule has 1 aliphatic rings. The predicted octanol–water partition coefficient (Wildman–Crippen LogP) is 4.51. The smallest absolute Gasteiger partial charge is 0.0802 e. The molecule has 2 aromatic rings. The number of hydrogen-bond acceptors (Lipinski definition) is 1. The Morgan fingerprint density at radius 3 is 2.53 bits per heavy atom. The molecular weight excluding hydrogens is 254 g/mol. The van der Waals surface area contributed by atoms with Gasteiger partial charge in [-0.3, -0.25) is 0 Å². The first-order chi connectivity index (χ1) is 9.20. The van der Waals surface area contributed by atoms with E-state index in [1.54, 1.807) is 0 Å². The van der Waals surface area contributed by atoms with E-state index in [0.717, 1.165) is 5.56 Å². The van der Waals surface area contributed by atoms with Crippen LogP contribution in [0.15, 0.2) is 48.0 Å². The standard InChI is InChI=1S/C17H16ClN/c1-11-9-16-14(3-2-4-15(16)17(11)18)13-7-5-12(10-19)6-8-13/h2-9,17H,10,19H2,1H3. The highest BCUT2D eigenvalue weighted by Crippen LogP contribution is 2.42. The summed E-state index contributed by atoms with van der Waals surface area (Å²) in [5, 5.41) is 0.0123. The Balaban J connectivity index is 2.11. The zero-order valence-corrected chi connectivity index (χ0v) is 11.6. The maximum atomic E-state index is 6.42. The van der Waals surface area contributed by atoms with Crippen LogP contribution < -0.4 is 5.73 Å². The van der Waals surface area contributed by atoms with Crippen molar-refractivity contribution in [2.45, 2.75) is 18.8 Å². The van der Waals surface area contributed by atoms with Crippen LogP contribution in [0, 0.1) is 0 Å². The van der Waals surface area contributed by atoms with Gasteiger partial charge in [-0.2, -0.15) is 0 Å². The molecule has 2 heteroatoms. The average Bonchev–Trinajstić information content (AvgIpc) is 2.75. The van der Waals surface area contributed by atoms with E-state index in [2.05, 4.69) is 55.5 Å². The first-order valence-electron chi connectivity index (χ1n) is 6.45. The minimum Gasteiger partial charge on any atom is -0.326 e. The van der Waals surface area contributed by atoms with E-state index in [-0.39, 0.29) is 5.38 Å². The Bertz CT molecular complexity index is 641. The van der Waals surface area contributed by atoms with Crippen LogP contribution in [0.3, 0.4) is 0 Å². The molecule has 3 rings (SSSR count). The topological polar surface area (TPSA) is 26.0 Å². The van der Waals surface area contributed by atoms with Gasteiger partial charge in [-0.1, -0.05) is 54.1 Å². The van der Waals surface area contributed by atoms with Crippen LogP contribution in [-0.4, -0.2) is 0 Å². The number of rotatable bonds is 2. The monoisotopic (exact) mass is 269 g/mol. The van der Waals surface area contributed by atoms with Crippen molar-refractivity contribution in [2.24, 2.45) is 5.73 Å². The SMILES string of the molecule is CC1=Cc2c(-c3ccc(CN)cc3)cccc2C1Cl. The maximum Gasteiger partial charge on any atom is 0.0802 e. The summed E-state index contributed by atoms with van der Waals surface area (Å²) in [5.41, 5.74) is 12.9. The third-order valence-electron chi connectivity index (χ3n) is 3.69. The second-order valence-electron chi connectivity index (χ2n) is 4.96. The largest absolute Gasteiger partial charge is 0.326 e. The summed E-state index contributed by atoms with van der Waals surface area (Å²) in [6, 6.07) is 14.8. The van der Waals surface area contributed by atoms with Crippen molar-refractivity contribution in [2.75, 3.05) is 0 Å². The fourth-order valence-electron chi connectivity index (χ4n) is 2.58. The number of nitrogens with two attached hydrogens (primary N) is 1. The van der Waals surface area contributed by atoms with E-state index in [9.17, 15) is 0 Å². The molecule has 0 amide bonds. The molecule has 1 unspecified atom stereocenters. The van der Waals surface area contributed by atoms with Gasteiger partial charge in [-0.05, 0) is 34.7 Å². The van der Waals surface area contributed by atoms with E-state index in [1.165, 1.54) is 27.8 Å². The van der Waals surface area contributed by atoms with Crippen LogP contribution in [0.5, 0.6) is 0 Å². The van der Waals surface area contributed by atoms with Gasteiger partial charge < -0.3 is 5.73 Å². The van der Waals surface area contributed by atoms with Gasteiger partial charge in [0.15, 0.2) is 0 Å². The van der Waals surface area contributed by atoms with Crippen LogP contribution in [-0.2, 0) is 6.54 Å². The Morgan fingerprint density at radius 2 is 1.84 bits per heavy atom. The Morgan fingerprint density at radius 1 is 1.11 bits per heavy atom. The van der Waals surface area contributed by atoms with Crippen molar-refractivity contribution in [3.8, 4) is 11.1 Å². The summed E-state index contributed by atoms with van der Waals surface area (Å²) in [4.78, 5) is 0. The fourth-order valence-corrected chi connectivity index (χ4v) is 2.84. The highest BCUT2D eigenvalue weighted by atomic mass is 35.5. The highest BCUT2D eigenvalue weighted by Gasteiger charge is 2.22. The summed E-state index contributed by atoms with van der Waals surface area (Å²) < 4.78 is 0. The zero-order chi connectivity index (χ0) is 13.4. The number of allylic oxidation sites excluding steroid dienone is 1. The van der Waals surface area contributed by atoms with Gasteiger partial charge in [0.2, 0.25) is 0 Å². The van der Waals surface area contributed by atoms with Gasteiger partial charge in [0.1, 0.15) is 0 Å². The third-order valence-corrected chi connectivity index (χ3v) is 4.26. The van der Waals surface area contributed by atoms with Crippen LogP contribution in [0.25, 0.3) is 17.2 Å². The molecule has 19 heavy (non-hydrogen) atoms. The van der Waals surface area contributed by atoms with Gasteiger partial charge >= 0.3 is 0 Å². The van der Waals surface area contributed by atoms with Crippen molar-refractivity contribution < 1.29 is 0 Å². The zero-order valence-electron chi connectivity index (χ0n) is 10.9. The summed E-state index contributed by atoms with van der Waals surface area (Å²) in [7, 11) is 0. The average molecular weight is 270 g/mol. The lowest BCUT2D eigenvalue weighted by Gasteiger charge is -2.10. The van der Waals surface area contributed by atoms with E-state index >= 15 is 0 Å². The summed E-state index contributed by atoms with van der Waals surface area (Å²) in [6.07, 6.45) is 2.19. The van der Waals surface area contributed by atoms with Crippen molar-refractivity contribution in [3.05, 3.63) is 64.7 Å². The van der Waals surface area contributed by atoms with Crippen molar-refractivity contribution in [3.63, 3.8) is 0 Å². The highest BCUT2D eigenvalue weighted by molar-refractivity contribution is 6.24. The lowest BCUT2D eigenvalue weighted by atomic mass is 9.96. The number of benzene rings is 2. The molecule has 0 aliphatic heterocycles. The Labute approximate surface area is 118 Å². The number of halogens is 1. The van der Waals surface area contributed by atoms with Crippen molar-refractivity contribution in [1.82, 2.24) is 0 Å². The van der Waals surface area contributed by atoms with Crippen LogP contribution in [0.4, 0.5) is 0 Å². The van der Waals surface area contributed by atoms with Crippen LogP contribution in [0.1, 0.15) is 29.0 Å². The Kier molecular flexibility index (Phi) is 3.17. The second-order valence-corrected chi connectivity index (χ2v) is 5.40. The summed E-state index contributed by atoms with van der Waals surface area (Å²) in [5.74, 6) is 0. The first kappa shape index (κ1) is 12.5. The first-order valence-corrected chi connectivity index (χ1v) is 6.89. The molecule has 0 saturated carbocycles. The molecule has 2 N–H and O–H groups in total. The fraction of sp³-hybridized carbons (Fsp3) is 0.176. The molecule has 0 heterocycles. The lowest BCUT2D eigenvalue weighted by molar-refractivity contribution is 1.07. The van der Waals surface area contributed by atoms with Crippen LogP contribution >= 0.6 is 11.6 Å². The van der Waals surface area contributed by atoms with Crippen molar-refractivity contribution in [1.29, 1.82) is 0 Å². The maximum absolute atomic E-state index is 6.42. The minimum atomic E-state index is 0.0123. The molecule has 2 aromatic carbocycles. The number of fused-ring (bicyclic) bond motifs is 1. The third kappa shape index (κ3) is 2.09. The lowest BCUT2D eigenvalue weighted by Crippen LogP contribution is -1.95. The van der Waals surface area contributed by atoms with Gasteiger partial charge in [-0.15, -0.1) is 11.6 Å². The normalized spacial score (nSPS) is 17.2. The van der Waals surface area contributed by atoms with Crippen LogP contribution in [0.2, 0.25) is 0 Å². The predicted molar refractivity (Wildman–Crippen MR) is 82.0 cm³/mol. The Hall–Kier alpha value is -1.57. The molecule has 1 aliphatic carbocycles.